The fourth-order valence-electron chi connectivity index (χ4n) is 5.16. The summed E-state index contributed by atoms with van der Waals surface area (Å²) in [5.74, 6) is 0.453. The van der Waals surface area contributed by atoms with Crippen molar-refractivity contribution in [2.45, 2.75) is 55.6 Å². The Hall–Kier alpha value is -2.93. The summed E-state index contributed by atoms with van der Waals surface area (Å²) in [7, 11) is 1.63. The van der Waals surface area contributed by atoms with Gasteiger partial charge in [0.25, 0.3) is 5.91 Å². The molecule has 0 unspecified atom stereocenters. The minimum atomic E-state index is -1.07. The third-order valence-corrected chi connectivity index (χ3v) is 7.71. The van der Waals surface area contributed by atoms with Crippen LogP contribution in [-0.4, -0.2) is 41.3 Å². The summed E-state index contributed by atoms with van der Waals surface area (Å²) in [6, 6.07) is 15.7. The molecule has 1 saturated carbocycles. The van der Waals surface area contributed by atoms with E-state index in [9.17, 15) is 9.59 Å². The largest absolute Gasteiger partial charge is 0.497 e. The second-order valence-electron chi connectivity index (χ2n) is 9.11. The molecule has 1 aromatic heterocycles. The minimum absolute atomic E-state index is 0.104. The Labute approximate surface area is 198 Å². The van der Waals surface area contributed by atoms with E-state index in [0.717, 1.165) is 52.9 Å². The standard InChI is InChI=1S/C26H29N3O3S/c1-26(25(31)27-18-7-4-5-8-18)16-28-22-15-20(32-2)12-11-17(22)13-23(28)24(30)29(26)19-9-6-10-21(14-19)33-3/h6,9-15,18H,4-5,7-8,16H2,1-3H3,(H,27,31)/t26-/m1/s1. The van der Waals surface area contributed by atoms with Crippen LogP contribution in [0.5, 0.6) is 5.75 Å². The third kappa shape index (κ3) is 3.68. The lowest BCUT2D eigenvalue weighted by Gasteiger charge is -2.44. The molecule has 1 N–H and O–H groups in total. The average Bonchev–Trinajstić information content (AvgIpc) is 3.46. The van der Waals surface area contributed by atoms with Crippen molar-refractivity contribution < 1.29 is 14.3 Å². The monoisotopic (exact) mass is 463 g/mol. The van der Waals surface area contributed by atoms with Gasteiger partial charge in [0, 0.05) is 28.1 Å². The van der Waals surface area contributed by atoms with Crippen molar-refractivity contribution in [1.82, 2.24) is 9.88 Å². The van der Waals surface area contributed by atoms with Gasteiger partial charge in [-0.2, -0.15) is 0 Å². The lowest BCUT2D eigenvalue weighted by atomic mass is 9.93. The summed E-state index contributed by atoms with van der Waals surface area (Å²) in [5, 5.41) is 4.21. The van der Waals surface area contributed by atoms with Crippen LogP contribution in [0, 0.1) is 0 Å². The van der Waals surface area contributed by atoms with Crippen molar-refractivity contribution in [1.29, 1.82) is 0 Å². The van der Waals surface area contributed by atoms with Crippen molar-refractivity contribution in [3.8, 4) is 5.75 Å². The van der Waals surface area contributed by atoms with Crippen molar-refractivity contribution >= 4 is 40.2 Å². The van der Waals surface area contributed by atoms with Crippen LogP contribution in [0.2, 0.25) is 0 Å². The number of anilines is 1. The summed E-state index contributed by atoms with van der Waals surface area (Å²) >= 11 is 1.62. The second-order valence-corrected chi connectivity index (χ2v) is 9.99. The number of benzene rings is 2. The van der Waals surface area contributed by atoms with Gasteiger partial charge in [0.15, 0.2) is 0 Å². The van der Waals surface area contributed by atoms with Crippen LogP contribution in [0.25, 0.3) is 10.9 Å². The van der Waals surface area contributed by atoms with E-state index in [0.29, 0.717) is 12.2 Å². The summed E-state index contributed by atoms with van der Waals surface area (Å²) < 4.78 is 7.40. The molecular weight excluding hydrogens is 434 g/mol. The number of carbonyl (C=O) groups is 2. The van der Waals surface area contributed by atoms with E-state index in [1.54, 1.807) is 23.8 Å². The smallest absolute Gasteiger partial charge is 0.275 e. The van der Waals surface area contributed by atoms with Crippen LogP contribution in [0.3, 0.4) is 0 Å². The third-order valence-electron chi connectivity index (χ3n) is 6.98. The van der Waals surface area contributed by atoms with Crippen LogP contribution in [0.4, 0.5) is 5.69 Å². The molecule has 2 aliphatic rings. The van der Waals surface area contributed by atoms with Gasteiger partial charge in [-0.1, -0.05) is 18.9 Å². The van der Waals surface area contributed by atoms with Crippen LogP contribution in [0.15, 0.2) is 53.4 Å². The number of ether oxygens (including phenoxy) is 1. The van der Waals surface area contributed by atoms with Gasteiger partial charge in [0.2, 0.25) is 5.91 Å². The van der Waals surface area contributed by atoms with Gasteiger partial charge in [-0.05, 0) is 62.4 Å². The first-order chi connectivity index (χ1) is 15.9. The highest BCUT2D eigenvalue weighted by Gasteiger charge is 2.49. The Morgan fingerprint density at radius 1 is 1.15 bits per heavy atom. The molecule has 2 amide bonds. The molecule has 0 saturated heterocycles. The molecule has 7 heteroatoms. The Morgan fingerprint density at radius 2 is 1.94 bits per heavy atom. The van der Waals surface area contributed by atoms with Crippen LogP contribution < -0.4 is 15.0 Å². The van der Waals surface area contributed by atoms with Gasteiger partial charge in [0.1, 0.15) is 17.0 Å². The lowest BCUT2D eigenvalue weighted by Crippen LogP contribution is -2.65. The molecule has 2 heterocycles. The maximum atomic E-state index is 14.0. The molecule has 3 aromatic rings. The zero-order valence-corrected chi connectivity index (χ0v) is 20.1. The topological polar surface area (TPSA) is 63.6 Å². The molecule has 2 aromatic carbocycles. The Bertz CT molecular complexity index is 1230. The Kier molecular flexibility index (Phi) is 5.60. The number of thioether (sulfide) groups is 1. The number of fused-ring (bicyclic) bond motifs is 3. The highest BCUT2D eigenvalue weighted by Crippen LogP contribution is 2.38. The predicted octanol–water partition coefficient (Wildman–Crippen LogP) is 4.85. The maximum absolute atomic E-state index is 14.0. The van der Waals surface area contributed by atoms with Crippen LogP contribution in [0.1, 0.15) is 43.1 Å². The summed E-state index contributed by atoms with van der Waals surface area (Å²) in [6.45, 7) is 2.25. The summed E-state index contributed by atoms with van der Waals surface area (Å²) in [4.78, 5) is 30.5. The number of nitrogens with zero attached hydrogens (tertiary/aromatic N) is 2. The van der Waals surface area contributed by atoms with Crippen molar-refractivity contribution in [3.05, 3.63) is 54.2 Å². The zero-order valence-electron chi connectivity index (χ0n) is 19.3. The van der Waals surface area contributed by atoms with Crippen molar-refractivity contribution in [3.63, 3.8) is 0 Å². The molecule has 5 rings (SSSR count). The molecule has 172 valence electrons. The van der Waals surface area contributed by atoms with Crippen molar-refractivity contribution in [2.24, 2.45) is 0 Å². The number of amides is 2. The predicted molar refractivity (Wildman–Crippen MR) is 132 cm³/mol. The van der Waals surface area contributed by atoms with Gasteiger partial charge in [-0.25, -0.2) is 0 Å². The molecule has 0 radical (unpaired) electrons. The Balaban J connectivity index is 1.65. The molecule has 33 heavy (non-hydrogen) atoms. The van der Waals surface area contributed by atoms with Gasteiger partial charge >= 0.3 is 0 Å². The minimum Gasteiger partial charge on any atom is -0.497 e. The first-order valence-electron chi connectivity index (χ1n) is 11.4. The number of carbonyl (C=O) groups excluding carboxylic acids is 2. The normalized spacial score (nSPS) is 20.8. The molecule has 0 spiro atoms. The number of methoxy groups -OCH3 is 1. The Morgan fingerprint density at radius 3 is 2.67 bits per heavy atom. The average molecular weight is 464 g/mol. The number of nitrogens with one attached hydrogen (secondary N) is 1. The molecule has 1 aliphatic heterocycles. The number of aromatic nitrogens is 1. The number of hydrogen-bond acceptors (Lipinski definition) is 4. The zero-order chi connectivity index (χ0) is 23.2. The lowest BCUT2D eigenvalue weighted by molar-refractivity contribution is -0.127. The van der Waals surface area contributed by atoms with Crippen LogP contribution in [-0.2, 0) is 11.3 Å². The first kappa shape index (κ1) is 21.9. The summed E-state index contributed by atoms with van der Waals surface area (Å²) in [6.07, 6.45) is 6.26. The quantitative estimate of drug-likeness (QED) is 0.550. The molecule has 1 fully saturated rings. The van der Waals surface area contributed by atoms with E-state index in [1.165, 1.54) is 0 Å². The van der Waals surface area contributed by atoms with Gasteiger partial charge < -0.3 is 14.6 Å². The second kappa shape index (κ2) is 8.45. The molecule has 1 aliphatic carbocycles. The number of hydrogen-bond donors (Lipinski definition) is 1. The molecule has 6 nitrogen and oxygen atoms in total. The fourth-order valence-corrected chi connectivity index (χ4v) is 5.62. The fraction of sp³-hybridized carbons (Fsp3) is 0.385. The van der Waals surface area contributed by atoms with E-state index in [4.69, 9.17) is 4.74 Å². The summed E-state index contributed by atoms with van der Waals surface area (Å²) in [5.41, 5.74) is 1.15. The van der Waals surface area contributed by atoms with E-state index in [1.807, 2.05) is 66.3 Å². The molecular formula is C26H29N3O3S. The van der Waals surface area contributed by atoms with Gasteiger partial charge in [-0.15, -0.1) is 11.8 Å². The SMILES string of the molecule is COc1ccc2cc3n(c2c1)C[C@](C)(C(=O)NC1CCCC1)N(c1cccc(SC)c1)C3=O. The van der Waals surface area contributed by atoms with E-state index in [-0.39, 0.29) is 17.9 Å². The van der Waals surface area contributed by atoms with Gasteiger partial charge in [-0.3, -0.25) is 14.5 Å². The van der Waals surface area contributed by atoms with Crippen LogP contribution >= 0.6 is 11.8 Å². The van der Waals surface area contributed by atoms with Gasteiger partial charge in [0.05, 0.1) is 19.2 Å². The molecule has 1 atom stereocenters. The number of rotatable bonds is 5. The maximum Gasteiger partial charge on any atom is 0.275 e. The van der Waals surface area contributed by atoms with E-state index < -0.39 is 5.54 Å². The van der Waals surface area contributed by atoms with Crippen molar-refractivity contribution in [2.75, 3.05) is 18.3 Å². The van der Waals surface area contributed by atoms with E-state index >= 15 is 0 Å². The first-order valence-corrected chi connectivity index (χ1v) is 12.6. The highest BCUT2D eigenvalue weighted by molar-refractivity contribution is 7.98. The molecule has 0 bridgehead atoms. The highest BCUT2D eigenvalue weighted by atomic mass is 32.2. The van der Waals surface area contributed by atoms with E-state index in [2.05, 4.69) is 5.32 Å².